The van der Waals surface area contributed by atoms with E-state index < -0.39 is 47.2 Å². The van der Waals surface area contributed by atoms with Gasteiger partial charge in [0.25, 0.3) is 0 Å². The molecule has 1 aliphatic heterocycles. The van der Waals surface area contributed by atoms with Crippen molar-refractivity contribution in [2.45, 2.75) is 32.4 Å². The van der Waals surface area contributed by atoms with Crippen LogP contribution in [0.3, 0.4) is 0 Å². The fraction of sp³-hybridized carbons (Fsp3) is 0.750. The van der Waals surface area contributed by atoms with Crippen LogP contribution in [0.2, 0.25) is 0 Å². The SMILES string of the molecule is COC(=O)[C@H](CN(N1CCOC1=O)[SH](=O)=O)NC(=O)OC(C)(C)C. The number of rotatable bonds is 6. The predicted octanol–water partition coefficient (Wildman–Crippen LogP) is -0.752. The number of carbonyl (C=O) groups is 3. The van der Waals surface area contributed by atoms with Crippen molar-refractivity contribution in [1.82, 2.24) is 14.7 Å². The molecule has 1 aliphatic rings. The van der Waals surface area contributed by atoms with Crippen LogP contribution in [0.1, 0.15) is 20.8 Å². The van der Waals surface area contributed by atoms with Crippen LogP contribution in [0.15, 0.2) is 0 Å². The maximum absolute atomic E-state index is 11.8. The van der Waals surface area contributed by atoms with E-state index in [9.17, 15) is 22.8 Å². The van der Waals surface area contributed by atoms with Gasteiger partial charge in [-0.05, 0) is 20.8 Å². The Morgan fingerprint density at radius 2 is 2.04 bits per heavy atom. The van der Waals surface area contributed by atoms with E-state index in [4.69, 9.17) is 4.74 Å². The van der Waals surface area contributed by atoms with Crippen LogP contribution >= 0.6 is 0 Å². The van der Waals surface area contributed by atoms with Crippen LogP contribution in [0.25, 0.3) is 0 Å². The molecule has 24 heavy (non-hydrogen) atoms. The van der Waals surface area contributed by atoms with Gasteiger partial charge in [-0.15, -0.1) is 4.41 Å². The van der Waals surface area contributed by atoms with Crippen LogP contribution in [0.4, 0.5) is 9.59 Å². The van der Waals surface area contributed by atoms with Crippen LogP contribution in [-0.2, 0) is 29.9 Å². The summed E-state index contributed by atoms with van der Waals surface area (Å²) in [6, 6.07) is -1.37. The smallest absolute Gasteiger partial charge is 0.425 e. The van der Waals surface area contributed by atoms with Crippen LogP contribution in [0.5, 0.6) is 0 Å². The Bertz CT molecular complexity index is 563. The molecule has 0 bridgehead atoms. The second-order valence-electron chi connectivity index (χ2n) is 5.75. The highest BCUT2D eigenvalue weighted by molar-refractivity contribution is 7.69. The third-order valence-corrected chi connectivity index (χ3v) is 3.49. The second-order valence-corrected chi connectivity index (χ2v) is 6.69. The number of nitrogens with zero attached hydrogens (tertiary/aromatic N) is 2. The molecular formula is C12H21N3O8S. The Balaban J connectivity index is 2.88. The van der Waals surface area contributed by atoms with E-state index in [-0.39, 0.29) is 13.2 Å². The standard InChI is InChI=1S/C12H21N3O8S/c1-12(2,3)23-10(17)13-8(9(16)21-4)7-15(24(19)20)14-5-6-22-11(14)18/h8,24H,5-7H2,1-4H3,(H,13,17)/t8-/m0/s1. The molecule has 12 heteroatoms. The van der Waals surface area contributed by atoms with Gasteiger partial charge in [-0.3, -0.25) is 0 Å². The van der Waals surface area contributed by atoms with Crippen LogP contribution in [-0.4, -0.2) is 74.4 Å². The van der Waals surface area contributed by atoms with E-state index in [0.29, 0.717) is 4.41 Å². The van der Waals surface area contributed by atoms with Gasteiger partial charge in [0.1, 0.15) is 18.2 Å². The molecule has 0 aromatic carbocycles. The summed E-state index contributed by atoms with van der Waals surface area (Å²) >= 11 is 0. The fourth-order valence-electron chi connectivity index (χ4n) is 1.78. The molecule has 1 N–H and O–H groups in total. The minimum atomic E-state index is -3.26. The van der Waals surface area contributed by atoms with Crippen molar-refractivity contribution in [3.63, 3.8) is 0 Å². The number of hydrogen-bond donors (Lipinski definition) is 2. The number of hydrogen-bond acceptors (Lipinski definition) is 8. The minimum absolute atomic E-state index is 0.00246. The predicted molar refractivity (Wildman–Crippen MR) is 80.2 cm³/mol. The number of alkyl carbamates (subject to hydrolysis) is 1. The number of hydrazine groups is 1. The lowest BCUT2D eigenvalue weighted by Crippen LogP contribution is -2.54. The first kappa shape index (κ1) is 20.0. The normalized spacial score (nSPS) is 16.1. The molecule has 1 heterocycles. The average Bonchev–Trinajstić information content (AvgIpc) is 2.86. The molecule has 0 aromatic heterocycles. The molecule has 1 saturated heterocycles. The van der Waals surface area contributed by atoms with E-state index in [1.165, 1.54) is 0 Å². The first-order valence-corrected chi connectivity index (χ1v) is 8.11. The Morgan fingerprint density at radius 3 is 2.46 bits per heavy atom. The molecule has 0 radical (unpaired) electrons. The first-order valence-electron chi connectivity index (χ1n) is 6.98. The van der Waals surface area contributed by atoms with Crippen molar-refractivity contribution < 1.29 is 37.0 Å². The van der Waals surface area contributed by atoms with Gasteiger partial charge in [-0.1, -0.05) is 0 Å². The monoisotopic (exact) mass is 367 g/mol. The van der Waals surface area contributed by atoms with Gasteiger partial charge in [0.2, 0.25) is 10.9 Å². The van der Waals surface area contributed by atoms with E-state index in [1.54, 1.807) is 20.8 Å². The lowest BCUT2D eigenvalue weighted by molar-refractivity contribution is -0.143. The molecule has 11 nitrogen and oxygen atoms in total. The van der Waals surface area contributed by atoms with Gasteiger partial charge in [-0.2, -0.15) is 0 Å². The van der Waals surface area contributed by atoms with Gasteiger partial charge in [-0.25, -0.2) is 27.8 Å². The summed E-state index contributed by atoms with van der Waals surface area (Å²) in [4.78, 5) is 35.1. The Labute approximate surface area is 140 Å². The van der Waals surface area contributed by atoms with Crippen LogP contribution in [0, 0.1) is 0 Å². The first-order chi connectivity index (χ1) is 11.0. The zero-order chi connectivity index (χ0) is 18.5. The second kappa shape index (κ2) is 8.15. The van der Waals surface area contributed by atoms with Gasteiger partial charge in [0.15, 0.2) is 0 Å². The number of cyclic esters (lactones) is 1. The van der Waals surface area contributed by atoms with Gasteiger partial charge in [0.05, 0.1) is 20.2 Å². The summed E-state index contributed by atoms with van der Waals surface area (Å²) in [5.41, 5.74) is -0.813. The number of esters is 1. The molecular weight excluding hydrogens is 346 g/mol. The van der Waals surface area contributed by atoms with Crippen molar-refractivity contribution in [2.75, 3.05) is 26.8 Å². The molecule has 1 rings (SSSR count). The quantitative estimate of drug-likeness (QED) is 0.356. The lowest BCUT2D eigenvalue weighted by Gasteiger charge is -2.28. The summed E-state index contributed by atoms with van der Waals surface area (Å²) in [5.74, 6) is -0.893. The summed E-state index contributed by atoms with van der Waals surface area (Å²) < 4.78 is 37.7. The van der Waals surface area contributed by atoms with Crippen molar-refractivity contribution in [1.29, 1.82) is 0 Å². The highest BCUT2D eigenvalue weighted by atomic mass is 32.2. The summed E-state index contributed by atoms with van der Waals surface area (Å²) in [5, 5.41) is 3.04. The number of thiol groups is 1. The number of amides is 2. The van der Waals surface area contributed by atoms with Gasteiger partial charge >= 0.3 is 18.2 Å². The highest BCUT2D eigenvalue weighted by Crippen LogP contribution is 2.11. The summed E-state index contributed by atoms with van der Waals surface area (Å²) in [7, 11) is -2.18. The Hall–Kier alpha value is -2.08. The number of carbonyl (C=O) groups excluding carboxylic acids is 3. The molecule has 0 aromatic rings. The Morgan fingerprint density at radius 1 is 1.42 bits per heavy atom. The van der Waals surface area contributed by atoms with Gasteiger partial charge < -0.3 is 19.5 Å². The topological polar surface area (TPSA) is 132 Å². The molecule has 1 fully saturated rings. The maximum atomic E-state index is 11.8. The van der Waals surface area contributed by atoms with E-state index in [2.05, 4.69) is 14.8 Å². The molecule has 0 aliphatic carbocycles. The number of nitrogens with one attached hydrogen (secondary N) is 1. The van der Waals surface area contributed by atoms with Gasteiger partial charge in [0, 0.05) is 0 Å². The van der Waals surface area contributed by atoms with Crippen molar-refractivity contribution in [3.05, 3.63) is 0 Å². The average molecular weight is 367 g/mol. The number of ether oxygens (including phenoxy) is 3. The van der Waals surface area contributed by atoms with E-state index in [0.717, 1.165) is 12.1 Å². The molecule has 0 spiro atoms. The van der Waals surface area contributed by atoms with Crippen molar-refractivity contribution in [2.24, 2.45) is 0 Å². The number of methoxy groups -OCH3 is 1. The molecule has 1 atom stereocenters. The van der Waals surface area contributed by atoms with E-state index >= 15 is 0 Å². The van der Waals surface area contributed by atoms with E-state index in [1.807, 2.05) is 0 Å². The lowest BCUT2D eigenvalue weighted by atomic mass is 10.2. The zero-order valence-corrected chi connectivity index (χ0v) is 14.7. The van der Waals surface area contributed by atoms with Crippen LogP contribution < -0.4 is 5.32 Å². The molecule has 0 saturated carbocycles. The maximum Gasteiger partial charge on any atom is 0.425 e. The minimum Gasteiger partial charge on any atom is -0.467 e. The molecule has 138 valence electrons. The van der Waals surface area contributed by atoms with Crippen molar-refractivity contribution in [3.8, 4) is 0 Å². The molecule has 0 unspecified atom stereocenters. The summed E-state index contributed by atoms with van der Waals surface area (Å²) in [6.45, 7) is 4.35. The summed E-state index contributed by atoms with van der Waals surface area (Å²) in [6.07, 6.45) is -1.79. The fourth-order valence-corrected chi connectivity index (χ4v) is 2.42. The Kier molecular flexibility index (Phi) is 6.78. The third kappa shape index (κ3) is 5.85. The zero-order valence-electron chi connectivity index (χ0n) is 13.8. The molecule has 2 amide bonds. The largest absolute Gasteiger partial charge is 0.467 e. The van der Waals surface area contributed by atoms with Crippen molar-refractivity contribution >= 4 is 29.0 Å². The highest BCUT2D eigenvalue weighted by Gasteiger charge is 2.35. The third-order valence-electron chi connectivity index (χ3n) is 2.73.